The number of aromatic hydroxyl groups is 1. The van der Waals surface area contributed by atoms with Crippen LogP contribution in [-0.4, -0.2) is 15.1 Å². The van der Waals surface area contributed by atoms with E-state index >= 15 is 0 Å². The lowest BCUT2D eigenvalue weighted by Crippen LogP contribution is -1.95. The number of hydrogen-bond donors (Lipinski definition) is 1. The SMILES string of the molecule is Cc1nc2ccccc2nc1Oc1ccc(O)cc1. The van der Waals surface area contributed by atoms with E-state index in [0.29, 0.717) is 11.6 Å². The maximum atomic E-state index is 9.24. The molecule has 4 nitrogen and oxygen atoms in total. The van der Waals surface area contributed by atoms with Crippen molar-refractivity contribution in [3.05, 3.63) is 54.2 Å². The number of para-hydroxylation sites is 2. The van der Waals surface area contributed by atoms with Crippen molar-refractivity contribution in [2.45, 2.75) is 6.92 Å². The first kappa shape index (κ1) is 11.5. The van der Waals surface area contributed by atoms with Crippen LogP contribution < -0.4 is 4.74 Å². The highest BCUT2D eigenvalue weighted by Crippen LogP contribution is 2.25. The van der Waals surface area contributed by atoms with Crippen LogP contribution in [0.1, 0.15) is 5.69 Å². The van der Waals surface area contributed by atoms with Crippen molar-refractivity contribution < 1.29 is 9.84 Å². The number of ether oxygens (including phenoxy) is 1. The average molecular weight is 252 g/mol. The van der Waals surface area contributed by atoms with Crippen LogP contribution in [-0.2, 0) is 0 Å². The van der Waals surface area contributed by atoms with Crippen LogP contribution >= 0.6 is 0 Å². The molecule has 4 heteroatoms. The zero-order valence-corrected chi connectivity index (χ0v) is 10.4. The number of nitrogens with zero attached hydrogens (tertiary/aromatic N) is 2. The van der Waals surface area contributed by atoms with Gasteiger partial charge in [-0.25, -0.2) is 9.97 Å². The maximum Gasteiger partial charge on any atom is 0.241 e. The summed E-state index contributed by atoms with van der Waals surface area (Å²) in [6.45, 7) is 1.86. The van der Waals surface area contributed by atoms with Crippen molar-refractivity contribution >= 4 is 11.0 Å². The van der Waals surface area contributed by atoms with E-state index in [9.17, 15) is 5.11 Å². The Bertz CT molecular complexity index is 724. The highest BCUT2D eigenvalue weighted by Gasteiger charge is 2.07. The van der Waals surface area contributed by atoms with Crippen LogP contribution in [0.25, 0.3) is 11.0 Å². The van der Waals surface area contributed by atoms with Crippen LogP contribution in [0.15, 0.2) is 48.5 Å². The number of aromatic nitrogens is 2. The van der Waals surface area contributed by atoms with Crippen LogP contribution in [0.2, 0.25) is 0 Å². The van der Waals surface area contributed by atoms with Gasteiger partial charge in [0.25, 0.3) is 0 Å². The third-order valence-electron chi connectivity index (χ3n) is 2.75. The molecular formula is C15H12N2O2. The number of phenolic OH excluding ortho intramolecular Hbond substituents is 1. The Morgan fingerprint density at radius 2 is 1.53 bits per heavy atom. The monoisotopic (exact) mass is 252 g/mol. The summed E-state index contributed by atoms with van der Waals surface area (Å²) in [6.07, 6.45) is 0. The van der Waals surface area contributed by atoms with Crippen molar-refractivity contribution in [3.8, 4) is 17.4 Å². The number of hydrogen-bond acceptors (Lipinski definition) is 4. The molecule has 0 saturated heterocycles. The molecule has 0 amide bonds. The molecule has 0 atom stereocenters. The normalized spacial score (nSPS) is 10.6. The Kier molecular flexibility index (Phi) is 2.76. The fraction of sp³-hybridized carbons (Fsp3) is 0.0667. The fourth-order valence-electron chi connectivity index (χ4n) is 1.79. The number of aryl methyl sites for hydroxylation is 1. The highest BCUT2D eigenvalue weighted by molar-refractivity contribution is 5.74. The minimum Gasteiger partial charge on any atom is -0.508 e. The molecule has 0 fully saturated rings. The van der Waals surface area contributed by atoms with E-state index in [1.165, 1.54) is 0 Å². The van der Waals surface area contributed by atoms with Gasteiger partial charge >= 0.3 is 0 Å². The lowest BCUT2D eigenvalue weighted by molar-refractivity contribution is 0.450. The van der Waals surface area contributed by atoms with E-state index in [0.717, 1.165) is 16.7 Å². The summed E-state index contributed by atoms with van der Waals surface area (Å²) >= 11 is 0. The molecule has 0 saturated carbocycles. The van der Waals surface area contributed by atoms with Gasteiger partial charge in [0.15, 0.2) is 0 Å². The molecule has 3 aromatic rings. The highest BCUT2D eigenvalue weighted by atomic mass is 16.5. The molecule has 3 rings (SSSR count). The number of fused-ring (bicyclic) bond motifs is 1. The fourth-order valence-corrected chi connectivity index (χ4v) is 1.79. The summed E-state index contributed by atoms with van der Waals surface area (Å²) in [6, 6.07) is 14.2. The van der Waals surface area contributed by atoms with E-state index in [1.54, 1.807) is 24.3 Å². The van der Waals surface area contributed by atoms with Crippen LogP contribution in [0.3, 0.4) is 0 Å². The van der Waals surface area contributed by atoms with Gasteiger partial charge in [-0.15, -0.1) is 0 Å². The molecule has 0 aliphatic rings. The van der Waals surface area contributed by atoms with Crippen LogP contribution in [0.4, 0.5) is 0 Å². The minimum absolute atomic E-state index is 0.202. The molecular weight excluding hydrogens is 240 g/mol. The second kappa shape index (κ2) is 4.57. The van der Waals surface area contributed by atoms with Crippen LogP contribution in [0.5, 0.6) is 17.4 Å². The number of phenols is 1. The van der Waals surface area contributed by atoms with Gasteiger partial charge in [0.2, 0.25) is 5.88 Å². The van der Waals surface area contributed by atoms with Crippen molar-refractivity contribution in [2.75, 3.05) is 0 Å². The quantitative estimate of drug-likeness (QED) is 0.759. The largest absolute Gasteiger partial charge is 0.508 e. The molecule has 1 N–H and O–H groups in total. The van der Waals surface area contributed by atoms with E-state index in [-0.39, 0.29) is 5.75 Å². The molecule has 1 heterocycles. The molecule has 0 spiro atoms. The molecule has 94 valence electrons. The summed E-state index contributed by atoms with van der Waals surface area (Å²) in [5, 5.41) is 9.24. The Labute approximate surface area is 110 Å². The minimum atomic E-state index is 0.202. The Morgan fingerprint density at radius 1 is 0.895 bits per heavy atom. The van der Waals surface area contributed by atoms with E-state index < -0.39 is 0 Å². The molecule has 2 aromatic carbocycles. The van der Waals surface area contributed by atoms with Gasteiger partial charge in [-0.2, -0.15) is 0 Å². The Balaban J connectivity index is 2.00. The lowest BCUT2D eigenvalue weighted by atomic mass is 10.3. The van der Waals surface area contributed by atoms with E-state index in [1.807, 2.05) is 31.2 Å². The van der Waals surface area contributed by atoms with Gasteiger partial charge in [0.05, 0.1) is 11.0 Å². The number of benzene rings is 2. The van der Waals surface area contributed by atoms with Gasteiger partial charge in [0, 0.05) is 0 Å². The Morgan fingerprint density at radius 3 is 2.21 bits per heavy atom. The summed E-state index contributed by atoms with van der Waals surface area (Å²) in [4.78, 5) is 8.90. The first-order valence-electron chi connectivity index (χ1n) is 5.92. The van der Waals surface area contributed by atoms with Gasteiger partial charge < -0.3 is 9.84 Å². The van der Waals surface area contributed by atoms with Crippen molar-refractivity contribution in [1.82, 2.24) is 9.97 Å². The van der Waals surface area contributed by atoms with Gasteiger partial charge in [-0.3, -0.25) is 0 Å². The Hall–Kier alpha value is -2.62. The molecule has 0 unspecified atom stereocenters. The summed E-state index contributed by atoms with van der Waals surface area (Å²) in [5.41, 5.74) is 2.37. The predicted molar refractivity (Wildman–Crippen MR) is 72.5 cm³/mol. The van der Waals surface area contributed by atoms with Crippen molar-refractivity contribution in [2.24, 2.45) is 0 Å². The standard InChI is InChI=1S/C15H12N2O2/c1-10-15(19-12-8-6-11(18)7-9-12)17-14-5-3-2-4-13(14)16-10/h2-9,18H,1H3. The first-order valence-corrected chi connectivity index (χ1v) is 5.92. The summed E-state index contributed by atoms with van der Waals surface area (Å²) in [7, 11) is 0. The molecule has 1 aromatic heterocycles. The van der Waals surface area contributed by atoms with Gasteiger partial charge in [-0.05, 0) is 43.3 Å². The van der Waals surface area contributed by atoms with E-state index in [4.69, 9.17) is 4.74 Å². The predicted octanol–water partition coefficient (Wildman–Crippen LogP) is 3.44. The smallest absolute Gasteiger partial charge is 0.241 e. The van der Waals surface area contributed by atoms with Gasteiger partial charge in [0.1, 0.15) is 17.2 Å². The van der Waals surface area contributed by atoms with Crippen molar-refractivity contribution in [3.63, 3.8) is 0 Å². The summed E-state index contributed by atoms with van der Waals surface area (Å²) in [5.74, 6) is 1.29. The first-order chi connectivity index (χ1) is 9.22. The summed E-state index contributed by atoms with van der Waals surface area (Å²) < 4.78 is 5.69. The average Bonchev–Trinajstić information content (AvgIpc) is 2.42. The molecule has 0 bridgehead atoms. The molecule has 0 aliphatic carbocycles. The number of rotatable bonds is 2. The third kappa shape index (κ3) is 2.33. The molecule has 0 radical (unpaired) electrons. The zero-order chi connectivity index (χ0) is 13.2. The second-order valence-electron chi connectivity index (χ2n) is 4.20. The lowest BCUT2D eigenvalue weighted by Gasteiger charge is -2.08. The topological polar surface area (TPSA) is 55.2 Å². The molecule has 0 aliphatic heterocycles. The van der Waals surface area contributed by atoms with Crippen LogP contribution in [0, 0.1) is 6.92 Å². The van der Waals surface area contributed by atoms with Gasteiger partial charge in [-0.1, -0.05) is 12.1 Å². The second-order valence-corrected chi connectivity index (χ2v) is 4.20. The molecule has 19 heavy (non-hydrogen) atoms. The van der Waals surface area contributed by atoms with E-state index in [2.05, 4.69) is 9.97 Å². The zero-order valence-electron chi connectivity index (χ0n) is 10.4. The van der Waals surface area contributed by atoms with Crippen molar-refractivity contribution in [1.29, 1.82) is 0 Å². The maximum absolute atomic E-state index is 9.24. The third-order valence-corrected chi connectivity index (χ3v) is 2.75.